The van der Waals surface area contributed by atoms with Gasteiger partial charge in [0.25, 0.3) is 0 Å². The molecular formula is C14H19O9PV. The molecule has 0 bridgehead atoms. The number of aromatic carboxylic acids is 1. The Balaban J connectivity index is 0.00000312. The first kappa shape index (κ1) is 22.3. The molecule has 0 saturated carbocycles. The maximum atomic E-state index is 10.8. The summed E-state index contributed by atoms with van der Waals surface area (Å²) in [5.41, 5.74) is 0.0556. The first-order chi connectivity index (χ1) is 11.3. The molecule has 1 aliphatic heterocycles. The third-order valence-electron chi connectivity index (χ3n) is 3.64. The van der Waals surface area contributed by atoms with Crippen molar-refractivity contribution in [2.45, 2.75) is 37.1 Å². The predicted octanol–water partition coefficient (Wildman–Crippen LogP) is -0.745. The SMILES string of the molecule is O=C(O)c1ccc(O[C@H]2OC(CCP(O)O)[C@@H](O)C(O)C2O)cc1.[V]. The van der Waals surface area contributed by atoms with E-state index in [1.165, 1.54) is 24.3 Å². The molecule has 3 unspecified atom stereocenters. The van der Waals surface area contributed by atoms with Crippen LogP contribution in [0.3, 0.4) is 0 Å². The van der Waals surface area contributed by atoms with Crippen molar-refractivity contribution in [1.82, 2.24) is 0 Å². The van der Waals surface area contributed by atoms with Crippen LogP contribution in [0, 0.1) is 0 Å². The maximum absolute atomic E-state index is 10.8. The summed E-state index contributed by atoms with van der Waals surface area (Å²) in [7, 11) is -2.17. The third kappa shape index (κ3) is 5.89. The van der Waals surface area contributed by atoms with Crippen LogP contribution in [0.15, 0.2) is 24.3 Å². The molecule has 2 rings (SSSR count). The monoisotopic (exact) mass is 413 g/mol. The number of hydrogen-bond acceptors (Lipinski definition) is 8. The van der Waals surface area contributed by atoms with Crippen LogP contribution in [0.2, 0.25) is 0 Å². The van der Waals surface area contributed by atoms with Crippen molar-refractivity contribution in [2.75, 3.05) is 6.16 Å². The molecule has 0 amide bonds. The van der Waals surface area contributed by atoms with Crippen molar-refractivity contribution >= 4 is 14.3 Å². The summed E-state index contributed by atoms with van der Waals surface area (Å²) in [6, 6.07) is 5.35. The molecule has 9 nitrogen and oxygen atoms in total. The van der Waals surface area contributed by atoms with Crippen LogP contribution in [0.25, 0.3) is 0 Å². The minimum atomic E-state index is -2.17. The van der Waals surface area contributed by atoms with E-state index in [-0.39, 0.29) is 42.5 Å². The zero-order valence-electron chi connectivity index (χ0n) is 12.9. The molecule has 0 spiro atoms. The number of carboxylic acids is 1. The van der Waals surface area contributed by atoms with Gasteiger partial charge in [-0.1, -0.05) is 0 Å². The second-order valence-corrected chi connectivity index (χ2v) is 6.54. The molecule has 1 radical (unpaired) electrons. The van der Waals surface area contributed by atoms with Gasteiger partial charge in [-0.25, -0.2) is 4.79 Å². The quantitative estimate of drug-likeness (QED) is 0.331. The number of rotatable bonds is 6. The van der Waals surface area contributed by atoms with Crippen molar-refractivity contribution in [2.24, 2.45) is 0 Å². The van der Waals surface area contributed by atoms with Crippen LogP contribution in [0.1, 0.15) is 16.8 Å². The maximum Gasteiger partial charge on any atom is 0.335 e. The van der Waals surface area contributed by atoms with Crippen molar-refractivity contribution < 1.29 is 63.0 Å². The summed E-state index contributed by atoms with van der Waals surface area (Å²) in [5, 5.41) is 38.6. The fourth-order valence-corrected chi connectivity index (χ4v) is 2.79. The van der Waals surface area contributed by atoms with Crippen molar-refractivity contribution in [3.8, 4) is 5.75 Å². The summed E-state index contributed by atoms with van der Waals surface area (Å²) in [5.74, 6) is -0.892. The molecule has 11 heteroatoms. The molecule has 0 aliphatic carbocycles. The Morgan fingerprint density at radius 1 is 1.08 bits per heavy atom. The largest absolute Gasteiger partial charge is 0.478 e. The van der Waals surface area contributed by atoms with E-state index in [0.717, 1.165) is 0 Å². The number of aliphatic hydroxyl groups is 3. The van der Waals surface area contributed by atoms with E-state index in [2.05, 4.69) is 0 Å². The number of hydrogen-bond donors (Lipinski definition) is 6. The van der Waals surface area contributed by atoms with E-state index in [1.54, 1.807) is 0 Å². The molecular weight excluding hydrogens is 394 g/mol. The Morgan fingerprint density at radius 2 is 1.68 bits per heavy atom. The smallest absolute Gasteiger partial charge is 0.335 e. The molecule has 1 fully saturated rings. The van der Waals surface area contributed by atoms with Crippen LogP contribution in [0.5, 0.6) is 5.75 Å². The molecule has 1 aromatic rings. The molecule has 1 aromatic carbocycles. The molecule has 1 aliphatic rings. The fraction of sp³-hybridized carbons (Fsp3) is 0.500. The van der Waals surface area contributed by atoms with Gasteiger partial charge in [-0.3, -0.25) is 0 Å². The van der Waals surface area contributed by atoms with E-state index >= 15 is 0 Å². The summed E-state index contributed by atoms with van der Waals surface area (Å²) in [4.78, 5) is 28.7. The van der Waals surface area contributed by atoms with Gasteiger partial charge >= 0.3 is 5.97 Å². The van der Waals surface area contributed by atoms with Gasteiger partial charge in [0.15, 0.2) is 8.38 Å². The zero-order valence-corrected chi connectivity index (χ0v) is 15.2. The number of carboxylic acid groups (broad SMARTS) is 1. The Bertz CT molecular complexity index is 556. The summed E-state index contributed by atoms with van der Waals surface area (Å²) >= 11 is 0. The van der Waals surface area contributed by atoms with Crippen molar-refractivity contribution in [3.05, 3.63) is 29.8 Å². The van der Waals surface area contributed by atoms with Gasteiger partial charge in [0.2, 0.25) is 6.29 Å². The molecule has 6 N–H and O–H groups in total. The third-order valence-corrected chi connectivity index (χ3v) is 4.29. The molecule has 0 aromatic heterocycles. The number of carbonyl (C=O) groups is 1. The molecule has 25 heavy (non-hydrogen) atoms. The van der Waals surface area contributed by atoms with Gasteiger partial charge in [0.05, 0.1) is 11.7 Å². The molecule has 5 atom stereocenters. The topological polar surface area (TPSA) is 157 Å². The van der Waals surface area contributed by atoms with Crippen LogP contribution >= 0.6 is 8.38 Å². The summed E-state index contributed by atoms with van der Waals surface area (Å²) < 4.78 is 10.8. The van der Waals surface area contributed by atoms with E-state index < -0.39 is 45.1 Å². The van der Waals surface area contributed by atoms with Crippen LogP contribution in [0.4, 0.5) is 0 Å². The first-order valence-electron chi connectivity index (χ1n) is 7.14. The molecule has 139 valence electrons. The van der Waals surface area contributed by atoms with Gasteiger partial charge in [-0.2, -0.15) is 0 Å². The van der Waals surface area contributed by atoms with Gasteiger partial charge in [0.1, 0.15) is 24.1 Å². The van der Waals surface area contributed by atoms with E-state index in [0.29, 0.717) is 0 Å². The van der Waals surface area contributed by atoms with Gasteiger partial charge < -0.3 is 39.7 Å². The van der Waals surface area contributed by atoms with Gasteiger partial charge in [0, 0.05) is 24.7 Å². The van der Waals surface area contributed by atoms with Crippen LogP contribution in [-0.4, -0.2) is 73.1 Å². The van der Waals surface area contributed by atoms with E-state index in [9.17, 15) is 20.1 Å². The Labute approximate surface area is 156 Å². The first-order valence-corrected chi connectivity index (χ1v) is 8.58. The predicted molar refractivity (Wildman–Crippen MR) is 81.6 cm³/mol. The van der Waals surface area contributed by atoms with Crippen LogP contribution < -0.4 is 4.74 Å². The number of aliphatic hydroxyl groups excluding tert-OH is 3. The van der Waals surface area contributed by atoms with Crippen molar-refractivity contribution in [3.63, 3.8) is 0 Å². The minimum Gasteiger partial charge on any atom is -0.478 e. The second-order valence-electron chi connectivity index (χ2n) is 5.35. The van der Waals surface area contributed by atoms with Gasteiger partial charge in [-0.15, -0.1) is 0 Å². The number of ether oxygens (including phenoxy) is 2. The van der Waals surface area contributed by atoms with E-state index in [1.807, 2.05) is 0 Å². The summed E-state index contributed by atoms with van der Waals surface area (Å²) in [6.07, 6.45) is -6.68. The van der Waals surface area contributed by atoms with Crippen LogP contribution in [-0.2, 0) is 23.3 Å². The Kier molecular flexibility index (Phi) is 8.76. The molecule has 1 saturated heterocycles. The zero-order chi connectivity index (χ0) is 17.9. The Hall–Kier alpha value is -0.736. The second kappa shape index (κ2) is 9.82. The fourth-order valence-electron chi connectivity index (χ4n) is 2.31. The normalized spacial score (nSPS) is 29.1. The molecule has 1 heterocycles. The van der Waals surface area contributed by atoms with E-state index in [4.69, 9.17) is 24.4 Å². The Morgan fingerprint density at radius 3 is 2.20 bits per heavy atom. The summed E-state index contributed by atoms with van der Waals surface area (Å²) in [6.45, 7) is 0. The standard InChI is InChI=1S/C14H19O9P.V/c15-10-9(5-6-24(20)21)23-14(12(17)11(10)16)22-8-3-1-7(2-4-8)13(18)19;/h1-4,9-12,14-17,20-21H,5-6H2,(H,18,19);/t9?,10-,11?,12?,14+;/m1./s1. The van der Waals surface area contributed by atoms with Gasteiger partial charge in [-0.05, 0) is 30.7 Å². The average Bonchev–Trinajstić information content (AvgIpc) is 2.54. The average molecular weight is 413 g/mol. The minimum absolute atomic E-state index is 0. The number of benzene rings is 1. The van der Waals surface area contributed by atoms with Crippen molar-refractivity contribution in [1.29, 1.82) is 0 Å².